The second-order valence-corrected chi connectivity index (χ2v) is 5.37. The lowest BCUT2D eigenvalue weighted by atomic mass is 10.1. The van der Waals surface area contributed by atoms with E-state index in [0.717, 1.165) is 32.4 Å². The van der Waals surface area contributed by atoms with Gasteiger partial charge in [0.25, 0.3) is 0 Å². The van der Waals surface area contributed by atoms with Crippen molar-refractivity contribution in [1.82, 2.24) is 0 Å². The molecule has 28 heavy (non-hydrogen) atoms. The van der Waals surface area contributed by atoms with Crippen LogP contribution in [-0.2, 0) is 15.7 Å². The predicted molar refractivity (Wildman–Crippen MR) is 93.2 cm³/mol. The van der Waals surface area contributed by atoms with Gasteiger partial charge in [0.15, 0.2) is 0 Å². The van der Waals surface area contributed by atoms with Crippen LogP contribution in [0.1, 0.15) is 26.3 Å². The first kappa shape index (κ1) is 20.7. The van der Waals surface area contributed by atoms with Gasteiger partial charge >= 0.3 is 24.1 Å². The number of benzene rings is 2. The van der Waals surface area contributed by atoms with Gasteiger partial charge in [-0.1, -0.05) is 12.1 Å². The summed E-state index contributed by atoms with van der Waals surface area (Å²) in [6, 6.07) is 6.99. The molecule has 0 saturated carbocycles. The summed E-state index contributed by atoms with van der Waals surface area (Å²) in [6.07, 6.45) is -4.67. The summed E-state index contributed by atoms with van der Waals surface area (Å²) in [5.41, 5.74) is -1.75. The molecule has 0 heterocycles. The van der Waals surface area contributed by atoms with Crippen molar-refractivity contribution >= 4 is 29.3 Å². The molecule has 148 valence electrons. The third-order valence-electron chi connectivity index (χ3n) is 3.57. The minimum atomic E-state index is -4.67. The second kappa shape index (κ2) is 8.42. The maximum atomic E-state index is 13.0. The molecule has 2 rings (SSSR count). The molecule has 2 aromatic carbocycles. The third kappa shape index (κ3) is 4.78. The van der Waals surface area contributed by atoms with E-state index in [-0.39, 0.29) is 16.8 Å². The van der Waals surface area contributed by atoms with Gasteiger partial charge in [0.2, 0.25) is 0 Å². The molecule has 0 bridgehead atoms. The molecule has 0 aliphatic carbocycles. The van der Waals surface area contributed by atoms with Crippen molar-refractivity contribution < 1.29 is 37.0 Å². The zero-order valence-electron chi connectivity index (χ0n) is 14.7. The van der Waals surface area contributed by atoms with Gasteiger partial charge in [-0.15, -0.1) is 0 Å². The Labute approximate surface area is 157 Å². The van der Waals surface area contributed by atoms with E-state index in [2.05, 4.69) is 20.1 Å². The molecule has 0 radical (unpaired) electrons. The zero-order valence-corrected chi connectivity index (χ0v) is 14.7. The summed E-state index contributed by atoms with van der Waals surface area (Å²) in [5.74, 6) is -1.55. The number of hydrogen-bond acceptors (Lipinski definition) is 5. The van der Waals surface area contributed by atoms with Gasteiger partial charge in [0.05, 0.1) is 42.3 Å². The van der Waals surface area contributed by atoms with Crippen molar-refractivity contribution in [1.29, 1.82) is 0 Å². The van der Waals surface area contributed by atoms with Crippen LogP contribution in [0.2, 0.25) is 0 Å². The second-order valence-electron chi connectivity index (χ2n) is 5.37. The Kier molecular flexibility index (Phi) is 6.24. The fraction of sp³-hybridized carbons (Fsp3) is 0.167. The molecule has 0 aliphatic heterocycles. The van der Waals surface area contributed by atoms with Crippen molar-refractivity contribution in [3.63, 3.8) is 0 Å². The Morgan fingerprint density at radius 3 is 2.07 bits per heavy atom. The topological polar surface area (TPSA) is 93.7 Å². The normalized spacial score (nSPS) is 10.8. The number of para-hydroxylation sites is 1. The van der Waals surface area contributed by atoms with E-state index in [1.807, 2.05) is 0 Å². The Bertz CT molecular complexity index is 912. The molecule has 0 spiro atoms. The molecule has 0 unspecified atom stereocenters. The molecule has 0 aliphatic rings. The first-order valence-electron chi connectivity index (χ1n) is 7.72. The van der Waals surface area contributed by atoms with Gasteiger partial charge in [0.1, 0.15) is 0 Å². The molecule has 0 saturated heterocycles. The van der Waals surface area contributed by atoms with Crippen LogP contribution in [0.4, 0.5) is 29.3 Å². The van der Waals surface area contributed by atoms with Crippen LogP contribution in [0.25, 0.3) is 0 Å². The highest BCUT2D eigenvalue weighted by Gasteiger charge is 2.33. The molecule has 0 aromatic heterocycles. The number of halogens is 3. The number of nitrogens with one attached hydrogen (secondary N) is 2. The van der Waals surface area contributed by atoms with Crippen LogP contribution in [0.3, 0.4) is 0 Å². The fourth-order valence-electron chi connectivity index (χ4n) is 2.30. The Hall–Kier alpha value is -3.56. The lowest BCUT2D eigenvalue weighted by Crippen LogP contribution is -2.23. The molecule has 2 aromatic rings. The van der Waals surface area contributed by atoms with Crippen LogP contribution >= 0.6 is 0 Å². The maximum Gasteiger partial charge on any atom is 0.418 e. The van der Waals surface area contributed by atoms with Crippen molar-refractivity contribution in [2.75, 3.05) is 24.9 Å². The van der Waals surface area contributed by atoms with Crippen LogP contribution < -0.4 is 10.6 Å². The van der Waals surface area contributed by atoms with E-state index >= 15 is 0 Å². The van der Waals surface area contributed by atoms with Crippen LogP contribution in [0.15, 0.2) is 42.5 Å². The Balaban J connectivity index is 2.33. The number of anilines is 2. The SMILES string of the molecule is COC(=O)c1ccc(C(=O)OC)c(NC(=O)Nc2ccccc2C(F)(F)F)c1. The third-order valence-corrected chi connectivity index (χ3v) is 3.57. The van der Waals surface area contributed by atoms with Crippen LogP contribution in [0, 0.1) is 0 Å². The van der Waals surface area contributed by atoms with Crippen molar-refractivity contribution in [2.45, 2.75) is 6.18 Å². The summed E-state index contributed by atoms with van der Waals surface area (Å²) in [6.45, 7) is 0. The average Bonchev–Trinajstić information content (AvgIpc) is 2.66. The van der Waals surface area contributed by atoms with Gasteiger partial charge in [-0.3, -0.25) is 0 Å². The number of hydrogen-bond donors (Lipinski definition) is 2. The van der Waals surface area contributed by atoms with Gasteiger partial charge in [0, 0.05) is 0 Å². The van der Waals surface area contributed by atoms with E-state index in [1.165, 1.54) is 24.3 Å². The van der Waals surface area contributed by atoms with E-state index in [4.69, 9.17) is 0 Å². The molecule has 2 amide bonds. The summed E-state index contributed by atoms with van der Waals surface area (Å²) in [4.78, 5) is 35.7. The molecular weight excluding hydrogens is 381 g/mol. The average molecular weight is 396 g/mol. The lowest BCUT2D eigenvalue weighted by molar-refractivity contribution is -0.136. The monoisotopic (exact) mass is 396 g/mol. The van der Waals surface area contributed by atoms with Crippen LogP contribution in [-0.4, -0.2) is 32.2 Å². The van der Waals surface area contributed by atoms with Gasteiger partial charge < -0.3 is 20.1 Å². The first-order chi connectivity index (χ1) is 13.2. The number of urea groups is 1. The quantitative estimate of drug-likeness (QED) is 0.764. The Morgan fingerprint density at radius 1 is 0.857 bits per heavy atom. The highest BCUT2D eigenvalue weighted by molar-refractivity contribution is 6.06. The molecule has 10 heteroatoms. The molecular formula is C18H15F3N2O5. The highest BCUT2D eigenvalue weighted by atomic mass is 19.4. The first-order valence-corrected chi connectivity index (χ1v) is 7.72. The van der Waals surface area contributed by atoms with E-state index < -0.39 is 35.4 Å². The number of rotatable bonds is 4. The van der Waals surface area contributed by atoms with Gasteiger partial charge in [-0.05, 0) is 30.3 Å². The lowest BCUT2D eigenvalue weighted by Gasteiger charge is -2.15. The minimum Gasteiger partial charge on any atom is -0.465 e. The molecule has 7 nitrogen and oxygen atoms in total. The number of amides is 2. The zero-order chi connectivity index (χ0) is 20.9. The Morgan fingerprint density at radius 2 is 1.46 bits per heavy atom. The molecule has 0 fully saturated rings. The number of carbonyl (C=O) groups excluding carboxylic acids is 3. The van der Waals surface area contributed by atoms with E-state index in [1.54, 1.807) is 0 Å². The summed E-state index contributed by atoms with van der Waals surface area (Å²) < 4.78 is 48.3. The maximum absolute atomic E-state index is 13.0. The number of esters is 2. The van der Waals surface area contributed by atoms with Gasteiger partial charge in [-0.2, -0.15) is 13.2 Å². The van der Waals surface area contributed by atoms with Gasteiger partial charge in [-0.25, -0.2) is 14.4 Å². The van der Waals surface area contributed by atoms with Crippen molar-refractivity contribution in [3.05, 3.63) is 59.2 Å². The fourth-order valence-corrected chi connectivity index (χ4v) is 2.30. The van der Waals surface area contributed by atoms with Crippen molar-refractivity contribution in [3.8, 4) is 0 Å². The number of carbonyl (C=O) groups is 3. The summed E-state index contributed by atoms with van der Waals surface area (Å²) in [5, 5.41) is 4.32. The molecule has 2 N–H and O–H groups in total. The smallest absolute Gasteiger partial charge is 0.418 e. The standard InChI is InChI=1S/C18H15F3N2O5/c1-27-15(24)10-7-8-11(16(25)28-2)14(9-10)23-17(26)22-13-6-4-3-5-12(13)18(19,20)21/h3-9H,1-2H3,(H2,22,23,26). The molecule has 0 atom stereocenters. The minimum absolute atomic E-state index is 0.0149. The number of alkyl halides is 3. The van der Waals surface area contributed by atoms with E-state index in [9.17, 15) is 27.6 Å². The number of ether oxygens (including phenoxy) is 2. The summed E-state index contributed by atoms with van der Waals surface area (Å²) >= 11 is 0. The van der Waals surface area contributed by atoms with E-state index in [0.29, 0.717) is 0 Å². The largest absolute Gasteiger partial charge is 0.465 e. The predicted octanol–water partition coefficient (Wildman–Crippen LogP) is 3.92. The summed E-state index contributed by atoms with van der Waals surface area (Å²) in [7, 11) is 2.25. The van der Waals surface area contributed by atoms with Crippen molar-refractivity contribution in [2.24, 2.45) is 0 Å². The number of methoxy groups -OCH3 is 2. The highest BCUT2D eigenvalue weighted by Crippen LogP contribution is 2.34. The van der Waals surface area contributed by atoms with Crippen LogP contribution in [0.5, 0.6) is 0 Å².